The van der Waals surface area contributed by atoms with Gasteiger partial charge in [-0.25, -0.2) is 9.37 Å². The summed E-state index contributed by atoms with van der Waals surface area (Å²) in [6.45, 7) is 0. The molecule has 0 bridgehead atoms. The molecule has 0 aliphatic carbocycles. The molecular formula is C14H18FN3. The van der Waals surface area contributed by atoms with Crippen LogP contribution in [-0.4, -0.2) is 15.6 Å². The van der Waals surface area contributed by atoms with Crippen LogP contribution in [0.25, 0.3) is 0 Å². The summed E-state index contributed by atoms with van der Waals surface area (Å²) in [6.07, 6.45) is 6.10. The van der Waals surface area contributed by atoms with E-state index in [4.69, 9.17) is 5.73 Å². The molecular weight excluding hydrogens is 229 g/mol. The second-order valence-corrected chi connectivity index (χ2v) is 4.59. The third-order valence-electron chi connectivity index (χ3n) is 3.05. The van der Waals surface area contributed by atoms with Gasteiger partial charge in [-0.3, -0.25) is 0 Å². The lowest BCUT2D eigenvalue weighted by atomic mass is 10.0. The highest BCUT2D eigenvalue weighted by Gasteiger charge is 2.07. The Morgan fingerprint density at radius 2 is 2.28 bits per heavy atom. The number of nitrogens with zero attached hydrogens (tertiary/aromatic N) is 2. The summed E-state index contributed by atoms with van der Waals surface area (Å²) >= 11 is 0. The summed E-state index contributed by atoms with van der Waals surface area (Å²) in [6, 6.07) is 6.65. The summed E-state index contributed by atoms with van der Waals surface area (Å²) in [4.78, 5) is 4.26. The number of halogens is 1. The standard InChI is InChI=1S/C14H18FN3/c1-18-8-7-17-14(18)6-5-13(16)10-11-3-2-4-12(15)9-11/h2-4,7-9,13H,5-6,10,16H2,1H3. The van der Waals surface area contributed by atoms with Gasteiger partial charge in [0, 0.05) is 31.9 Å². The number of imidazole rings is 1. The van der Waals surface area contributed by atoms with Crippen molar-refractivity contribution in [3.05, 3.63) is 53.9 Å². The number of aryl methyl sites for hydroxylation is 2. The van der Waals surface area contributed by atoms with Crippen molar-refractivity contribution >= 4 is 0 Å². The second-order valence-electron chi connectivity index (χ2n) is 4.59. The highest BCUT2D eigenvalue weighted by molar-refractivity contribution is 5.17. The Kier molecular flexibility index (Phi) is 4.10. The lowest BCUT2D eigenvalue weighted by Gasteiger charge is -2.11. The van der Waals surface area contributed by atoms with Crippen molar-refractivity contribution in [3.8, 4) is 0 Å². The molecule has 4 heteroatoms. The molecule has 1 atom stereocenters. The molecule has 18 heavy (non-hydrogen) atoms. The summed E-state index contributed by atoms with van der Waals surface area (Å²) in [5.41, 5.74) is 7.01. The maximum absolute atomic E-state index is 13.0. The highest BCUT2D eigenvalue weighted by atomic mass is 19.1. The van der Waals surface area contributed by atoms with Crippen LogP contribution in [0.2, 0.25) is 0 Å². The molecule has 1 aromatic carbocycles. The topological polar surface area (TPSA) is 43.8 Å². The van der Waals surface area contributed by atoms with Crippen LogP contribution in [0.5, 0.6) is 0 Å². The monoisotopic (exact) mass is 247 g/mol. The Morgan fingerprint density at radius 1 is 1.44 bits per heavy atom. The minimum absolute atomic E-state index is 0.0310. The predicted molar refractivity (Wildman–Crippen MR) is 69.6 cm³/mol. The largest absolute Gasteiger partial charge is 0.338 e. The number of rotatable bonds is 5. The fraction of sp³-hybridized carbons (Fsp3) is 0.357. The number of hydrogen-bond donors (Lipinski definition) is 1. The molecule has 3 nitrogen and oxygen atoms in total. The molecule has 0 fully saturated rings. The van der Waals surface area contributed by atoms with Gasteiger partial charge in [-0.2, -0.15) is 0 Å². The van der Waals surface area contributed by atoms with Gasteiger partial charge in [0.2, 0.25) is 0 Å². The first kappa shape index (κ1) is 12.8. The van der Waals surface area contributed by atoms with Gasteiger partial charge in [0.15, 0.2) is 0 Å². The Morgan fingerprint density at radius 3 is 2.94 bits per heavy atom. The molecule has 1 heterocycles. The fourth-order valence-corrected chi connectivity index (χ4v) is 2.02. The van der Waals surface area contributed by atoms with Gasteiger partial charge < -0.3 is 10.3 Å². The predicted octanol–water partition coefficient (Wildman–Crippen LogP) is 2.06. The molecule has 1 unspecified atom stereocenters. The Labute approximate surface area is 106 Å². The first-order valence-corrected chi connectivity index (χ1v) is 6.11. The summed E-state index contributed by atoms with van der Waals surface area (Å²) < 4.78 is 15.0. The first-order chi connectivity index (χ1) is 8.65. The molecule has 96 valence electrons. The molecule has 0 amide bonds. The van der Waals surface area contributed by atoms with Crippen LogP contribution in [0.4, 0.5) is 4.39 Å². The quantitative estimate of drug-likeness (QED) is 0.879. The minimum atomic E-state index is -0.205. The Balaban J connectivity index is 1.86. The Hall–Kier alpha value is -1.68. The van der Waals surface area contributed by atoms with Gasteiger partial charge in [0.1, 0.15) is 11.6 Å². The molecule has 2 aromatic rings. The fourth-order valence-electron chi connectivity index (χ4n) is 2.02. The van der Waals surface area contributed by atoms with Gasteiger partial charge in [0.05, 0.1) is 0 Å². The molecule has 0 aliphatic heterocycles. The third kappa shape index (κ3) is 3.40. The number of hydrogen-bond acceptors (Lipinski definition) is 2. The van der Waals surface area contributed by atoms with Crippen LogP contribution in [0.15, 0.2) is 36.7 Å². The van der Waals surface area contributed by atoms with E-state index in [1.54, 1.807) is 18.3 Å². The van der Waals surface area contributed by atoms with E-state index < -0.39 is 0 Å². The molecule has 0 aliphatic rings. The number of benzene rings is 1. The van der Waals surface area contributed by atoms with Crippen LogP contribution in [0.3, 0.4) is 0 Å². The second kappa shape index (κ2) is 5.78. The molecule has 2 rings (SSSR count). The molecule has 0 saturated carbocycles. The van der Waals surface area contributed by atoms with Gasteiger partial charge >= 0.3 is 0 Å². The SMILES string of the molecule is Cn1ccnc1CCC(N)Cc1cccc(F)c1. The van der Waals surface area contributed by atoms with Crippen LogP contribution in [0, 0.1) is 5.82 Å². The zero-order valence-electron chi connectivity index (χ0n) is 10.5. The van der Waals surface area contributed by atoms with Gasteiger partial charge in [-0.15, -0.1) is 0 Å². The van der Waals surface area contributed by atoms with Crippen LogP contribution >= 0.6 is 0 Å². The van der Waals surface area contributed by atoms with E-state index in [9.17, 15) is 4.39 Å². The van der Waals surface area contributed by atoms with Crippen molar-refractivity contribution in [3.63, 3.8) is 0 Å². The summed E-state index contributed by atoms with van der Waals surface area (Å²) in [7, 11) is 1.97. The van der Waals surface area contributed by atoms with Crippen molar-refractivity contribution in [1.29, 1.82) is 0 Å². The number of nitrogens with two attached hydrogens (primary N) is 1. The zero-order chi connectivity index (χ0) is 13.0. The summed E-state index contributed by atoms with van der Waals surface area (Å²) in [5.74, 6) is 0.827. The molecule has 2 N–H and O–H groups in total. The van der Waals surface area contributed by atoms with E-state index >= 15 is 0 Å². The first-order valence-electron chi connectivity index (χ1n) is 6.11. The summed E-state index contributed by atoms with van der Waals surface area (Å²) in [5, 5.41) is 0. The average Bonchev–Trinajstić information content (AvgIpc) is 2.72. The zero-order valence-corrected chi connectivity index (χ0v) is 10.5. The van der Waals surface area contributed by atoms with Crippen molar-refractivity contribution in [2.75, 3.05) is 0 Å². The van der Waals surface area contributed by atoms with E-state index in [2.05, 4.69) is 4.98 Å². The van der Waals surface area contributed by atoms with Crippen molar-refractivity contribution in [1.82, 2.24) is 9.55 Å². The lowest BCUT2D eigenvalue weighted by molar-refractivity contribution is 0.583. The molecule has 0 radical (unpaired) electrons. The Bertz CT molecular complexity index is 507. The van der Waals surface area contributed by atoms with Crippen LogP contribution in [0.1, 0.15) is 17.8 Å². The van der Waals surface area contributed by atoms with Crippen LogP contribution in [-0.2, 0) is 19.9 Å². The lowest BCUT2D eigenvalue weighted by Crippen LogP contribution is -2.24. The van der Waals surface area contributed by atoms with E-state index in [0.717, 1.165) is 24.2 Å². The maximum atomic E-state index is 13.0. The molecule has 0 spiro atoms. The average molecular weight is 247 g/mol. The van der Waals surface area contributed by atoms with Gasteiger partial charge in [-0.05, 0) is 30.5 Å². The van der Waals surface area contributed by atoms with E-state index in [0.29, 0.717) is 6.42 Å². The molecule has 0 saturated heterocycles. The van der Waals surface area contributed by atoms with E-state index in [1.165, 1.54) is 6.07 Å². The third-order valence-corrected chi connectivity index (χ3v) is 3.05. The minimum Gasteiger partial charge on any atom is -0.338 e. The maximum Gasteiger partial charge on any atom is 0.123 e. The van der Waals surface area contributed by atoms with E-state index in [-0.39, 0.29) is 11.9 Å². The van der Waals surface area contributed by atoms with Gasteiger partial charge in [-0.1, -0.05) is 12.1 Å². The van der Waals surface area contributed by atoms with Crippen molar-refractivity contribution in [2.24, 2.45) is 12.8 Å². The normalized spacial score (nSPS) is 12.6. The van der Waals surface area contributed by atoms with Crippen molar-refractivity contribution in [2.45, 2.75) is 25.3 Å². The van der Waals surface area contributed by atoms with Crippen molar-refractivity contribution < 1.29 is 4.39 Å². The van der Waals surface area contributed by atoms with E-state index in [1.807, 2.05) is 23.9 Å². The highest BCUT2D eigenvalue weighted by Crippen LogP contribution is 2.09. The number of aromatic nitrogens is 2. The smallest absolute Gasteiger partial charge is 0.123 e. The van der Waals surface area contributed by atoms with Crippen LogP contribution < -0.4 is 5.73 Å². The van der Waals surface area contributed by atoms with Gasteiger partial charge in [0.25, 0.3) is 0 Å². The molecule has 1 aromatic heterocycles.